The van der Waals surface area contributed by atoms with Crippen molar-refractivity contribution in [3.63, 3.8) is 0 Å². The summed E-state index contributed by atoms with van der Waals surface area (Å²) in [7, 11) is 0. The van der Waals surface area contributed by atoms with Gasteiger partial charge in [0.15, 0.2) is 0 Å². The van der Waals surface area contributed by atoms with Crippen molar-refractivity contribution in [3.05, 3.63) is 23.8 Å². The SMILES string of the molecule is CC(C(=O)N1CCCC1)n1c(N)nc2c(C#N)cccc21. The van der Waals surface area contributed by atoms with Crippen molar-refractivity contribution >= 4 is 22.9 Å². The lowest BCUT2D eigenvalue weighted by molar-refractivity contribution is -0.133. The molecule has 1 atom stereocenters. The fourth-order valence-electron chi connectivity index (χ4n) is 2.94. The maximum absolute atomic E-state index is 12.6. The summed E-state index contributed by atoms with van der Waals surface area (Å²) in [5.41, 5.74) is 7.74. The minimum atomic E-state index is -0.415. The Morgan fingerprint density at radius 1 is 1.43 bits per heavy atom. The second-order valence-corrected chi connectivity index (χ2v) is 5.33. The van der Waals surface area contributed by atoms with Crippen LogP contribution in [0.4, 0.5) is 5.95 Å². The van der Waals surface area contributed by atoms with Crippen molar-refractivity contribution < 1.29 is 4.79 Å². The normalized spacial score (nSPS) is 16.1. The summed E-state index contributed by atoms with van der Waals surface area (Å²) in [6.07, 6.45) is 2.11. The molecule has 1 aromatic carbocycles. The molecule has 1 saturated heterocycles. The number of carbonyl (C=O) groups excluding carboxylic acids is 1. The zero-order valence-corrected chi connectivity index (χ0v) is 11.9. The predicted molar refractivity (Wildman–Crippen MR) is 79.4 cm³/mol. The number of nitriles is 1. The van der Waals surface area contributed by atoms with E-state index in [1.807, 2.05) is 17.9 Å². The van der Waals surface area contributed by atoms with E-state index in [-0.39, 0.29) is 11.9 Å². The van der Waals surface area contributed by atoms with Gasteiger partial charge < -0.3 is 10.6 Å². The molecular formula is C15H17N5O. The molecule has 2 N–H and O–H groups in total. The molecule has 1 aromatic heterocycles. The number of aromatic nitrogens is 2. The Morgan fingerprint density at radius 2 is 2.14 bits per heavy atom. The van der Waals surface area contributed by atoms with Crippen molar-refractivity contribution in [1.82, 2.24) is 14.5 Å². The Kier molecular flexibility index (Phi) is 3.26. The van der Waals surface area contributed by atoms with Crippen LogP contribution in [0.15, 0.2) is 18.2 Å². The molecule has 1 unspecified atom stereocenters. The van der Waals surface area contributed by atoms with E-state index in [9.17, 15) is 4.79 Å². The van der Waals surface area contributed by atoms with Gasteiger partial charge in [0, 0.05) is 13.1 Å². The molecule has 1 aliphatic heterocycles. The quantitative estimate of drug-likeness (QED) is 0.908. The zero-order chi connectivity index (χ0) is 15.0. The third-order valence-electron chi connectivity index (χ3n) is 4.03. The molecule has 108 valence electrons. The van der Waals surface area contributed by atoms with Gasteiger partial charge in [-0.15, -0.1) is 0 Å². The Labute approximate surface area is 122 Å². The summed E-state index contributed by atoms with van der Waals surface area (Å²) >= 11 is 0. The number of rotatable bonds is 2. The molecule has 1 fully saturated rings. The molecule has 3 rings (SSSR count). The van der Waals surface area contributed by atoms with Gasteiger partial charge in [-0.2, -0.15) is 5.26 Å². The fraction of sp³-hybridized carbons (Fsp3) is 0.400. The van der Waals surface area contributed by atoms with Gasteiger partial charge in [-0.05, 0) is 31.9 Å². The smallest absolute Gasteiger partial charge is 0.245 e. The van der Waals surface area contributed by atoms with Crippen LogP contribution in [-0.2, 0) is 4.79 Å². The number of hydrogen-bond donors (Lipinski definition) is 1. The highest BCUT2D eigenvalue weighted by Gasteiger charge is 2.27. The second kappa shape index (κ2) is 5.09. The third kappa shape index (κ3) is 2.11. The molecule has 0 saturated carbocycles. The van der Waals surface area contributed by atoms with Gasteiger partial charge in [-0.25, -0.2) is 4.98 Å². The average molecular weight is 283 g/mol. The number of nitrogens with two attached hydrogens (primary N) is 1. The molecule has 0 spiro atoms. The van der Waals surface area contributed by atoms with Gasteiger partial charge in [0.05, 0.1) is 11.1 Å². The van der Waals surface area contributed by atoms with Gasteiger partial charge in [-0.3, -0.25) is 9.36 Å². The van der Waals surface area contributed by atoms with Crippen molar-refractivity contribution in [2.75, 3.05) is 18.8 Å². The molecule has 0 aliphatic carbocycles. The number of fused-ring (bicyclic) bond motifs is 1. The Bertz CT molecular complexity index is 736. The molecular weight excluding hydrogens is 266 g/mol. The van der Waals surface area contributed by atoms with Gasteiger partial charge in [-0.1, -0.05) is 6.07 Å². The molecule has 0 bridgehead atoms. The number of benzene rings is 1. The monoisotopic (exact) mass is 283 g/mol. The minimum absolute atomic E-state index is 0.0564. The number of imidazole rings is 1. The van der Waals surface area contributed by atoms with E-state index in [4.69, 9.17) is 11.0 Å². The van der Waals surface area contributed by atoms with Gasteiger partial charge in [0.1, 0.15) is 17.6 Å². The van der Waals surface area contributed by atoms with E-state index < -0.39 is 6.04 Å². The maximum atomic E-state index is 12.6. The number of anilines is 1. The van der Waals surface area contributed by atoms with Crippen molar-refractivity contribution in [2.24, 2.45) is 0 Å². The number of hydrogen-bond acceptors (Lipinski definition) is 4. The van der Waals surface area contributed by atoms with Crippen LogP contribution >= 0.6 is 0 Å². The maximum Gasteiger partial charge on any atom is 0.245 e. The first-order chi connectivity index (χ1) is 10.1. The average Bonchev–Trinajstić information content (AvgIpc) is 3.12. The molecule has 1 amide bonds. The first-order valence-electron chi connectivity index (χ1n) is 7.09. The lowest BCUT2D eigenvalue weighted by Gasteiger charge is -2.22. The number of likely N-dealkylation sites (tertiary alicyclic amines) is 1. The molecule has 2 aromatic rings. The van der Waals surface area contributed by atoms with E-state index in [0.29, 0.717) is 11.1 Å². The summed E-state index contributed by atoms with van der Waals surface area (Å²) in [5, 5.41) is 9.14. The van der Waals surface area contributed by atoms with Crippen LogP contribution in [0, 0.1) is 11.3 Å². The lowest BCUT2D eigenvalue weighted by atomic mass is 10.2. The molecule has 6 heteroatoms. The topological polar surface area (TPSA) is 87.9 Å². The summed E-state index contributed by atoms with van der Waals surface area (Å²) in [6, 6.07) is 7.02. The van der Waals surface area contributed by atoms with E-state index in [1.54, 1.807) is 16.7 Å². The Morgan fingerprint density at radius 3 is 2.81 bits per heavy atom. The van der Waals surface area contributed by atoms with Crippen LogP contribution in [0.5, 0.6) is 0 Å². The highest BCUT2D eigenvalue weighted by Crippen LogP contribution is 2.26. The second-order valence-electron chi connectivity index (χ2n) is 5.33. The molecule has 21 heavy (non-hydrogen) atoms. The van der Waals surface area contributed by atoms with E-state index in [2.05, 4.69) is 11.1 Å². The molecule has 0 radical (unpaired) electrons. The predicted octanol–water partition coefficient (Wildman–Crippen LogP) is 1.67. The summed E-state index contributed by atoms with van der Waals surface area (Å²) < 4.78 is 1.72. The first kappa shape index (κ1) is 13.4. The van der Waals surface area contributed by atoms with E-state index in [0.717, 1.165) is 31.4 Å². The lowest BCUT2D eigenvalue weighted by Crippen LogP contribution is -2.34. The van der Waals surface area contributed by atoms with Crippen LogP contribution in [-0.4, -0.2) is 33.4 Å². The highest BCUT2D eigenvalue weighted by molar-refractivity contribution is 5.88. The minimum Gasteiger partial charge on any atom is -0.369 e. The van der Waals surface area contributed by atoms with Crippen molar-refractivity contribution in [2.45, 2.75) is 25.8 Å². The van der Waals surface area contributed by atoms with Crippen molar-refractivity contribution in [3.8, 4) is 6.07 Å². The third-order valence-corrected chi connectivity index (χ3v) is 4.03. The number of nitrogen functional groups attached to an aromatic ring is 1. The Balaban J connectivity index is 2.05. The van der Waals surface area contributed by atoms with Crippen molar-refractivity contribution in [1.29, 1.82) is 5.26 Å². The van der Waals surface area contributed by atoms with Crippen LogP contribution in [0.2, 0.25) is 0 Å². The highest BCUT2D eigenvalue weighted by atomic mass is 16.2. The molecule has 6 nitrogen and oxygen atoms in total. The molecule has 2 heterocycles. The van der Waals surface area contributed by atoms with Crippen LogP contribution in [0.3, 0.4) is 0 Å². The number of carbonyl (C=O) groups is 1. The van der Waals surface area contributed by atoms with Crippen LogP contribution in [0.1, 0.15) is 31.4 Å². The van der Waals surface area contributed by atoms with Crippen LogP contribution in [0.25, 0.3) is 11.0 Å². The van der Waals surface area contributed by atoms with Gasteiger partial charge in [0.25, 0.3) is 0 Å². The number of amides is 1. The zero-order valence-electron chi connectivity index (χ0n) is 11.9. The number of nitrogens with zero attached hydrogens (tertiary/aromatic N) is 4. The largest absolute Gasteiger partial charge is 0.369 e. The standard InChI is InChI=1S/C15H17N5O/c1-10(14(21)19-7-2-3-8-19)20-12-6-4-5-11(9-16)13(12)18-15(20)17/h4-6,10H,2-3,7-8H2,1H3,(H2,17,18). The summed E-state index contributed by atoms with van der Waals surface area (Å²) in [6.45, 7) is 3.44. The summed E-state index contributed by atoms with van der Waals surface area (Å²) in [5.74, 6) is 0.327. The fourth-order valence-corrected chi connectivity index (χ4v) is 2.94. The molecule has 1 aliphatic rings. The number of para-hydroxylation sites is 1. The Hall–Kier alpha value is -2.55. The van der Waals surface area contributed by atoms with E-state index in [1.165, 1.54) is 0 Å². The van der Waals surface area contributed by atoms with Gasteiger partial charge >= 0.3 is 0 Å². The van der Waals surface area contributed by atoms with Crippen LogP contribution < -0.4 is 5.73 Å². The first-order valence-corrected chi connectivity index (χ1v) is 7.09. The van der Waals surface area contributed by atoms with E-state index >= 15 is 0 Å². The van der Waals surface area contributed by atoms with Gasteiger partial charge in [0.2, 0.25) is 11.9 Å². The summed E-state index contributed by atoms with van der Waals surface area (Å²) in [4.78, 5) is 18.7.